The van der Waals surface area contributed by atoms with E-state index in [-0.39, 0.29) is 24.4 Å². The van der Waals surface area contributed by atoms with E-state index in [1.165, 1.54) is 0 Å². The molecule has 4 aromatic rings. The Morgan fingerprint density at radius 3 is 2.28 bits per heavy atom. The van der Waals surface area contributed by atoms with Crippen molar-refractivity contribution in [1.82, 2.24) is 40.4 Å². The Hall–Kier alpha value is -5.34. The number of imidazole rings is 1. The lowest BCUT2D eigenvalue weighted by molar-refractivity contribution is -0.125. The molecule has 1 saturated carbocycles. The van der Waals surface area contributed by atoms with Crippen molar-refractivity contribution in [2.45, 2.75) is 61.6 Å². The number of likely N-dealkylation sites (N-methyl/N-ethyl adjacent to an activating group) is 1. The first-order chi connectivity index (χ1) is 25.8. The highest BCUT2D eigenvalue weighted by Gasteiger charge is 2.44. The van der Waals surface area contributed by atoms with Gasteiger partial charge in [-0.3, -0.25) is 4.79 Å². The van der Waals surface area contributed by atoms with Gasteiger partial charge >= 0.3 is 0 Å². The number of rotatable bonds is 11. The molecule has 0 radical (unpaired) electrons. The minimum Gasteiger partial charge on any atom is -0.388 e. The molecule has 3 fully saturated rings. The number of guanidine groups is 1. The molecule has 1 aliphatic carbocycles. The molecule has 3 aliphatic rings. The lowest BCUT2D eigenvalue weighted by Gasteiger charge is -2.23. The van der Waals surface area contributed by atoms with Crippen LogP contribution in [0.2, 0.25) is 0 Å². The van der Waals surface area contributed by atoms with Crippen LogP contribution >= 0.6 is 0 Å². The summed E-state index contributed by atoms with van der Waals surface area (Å²) < 4.78 is 1.74. The van der Waals surface area contributed by atoms with Crippen molar-refractivity contribution in [2.24, 2.45) is 4.99 Å². The summed E-state index contributed by atoms with van der Waals surface area (Å²) in [5.74, 6) is 0.811. The molecule has 2 aliphatic heterocycles. The monoisotopic (exact) mass is 722 g/mol. The minimum atomic E-state index is -1.25. The Bertz CT molecular complexity index is 1900. The normalized spacial score (nSPS) is 24.8. The van der Waals surface area contributed by atoms with Gasteiger partial charge in [0.1, 0.15) is 18.8 Å². The maximum atomic E-state index is 12.0. The smallest absolute Gasteiger partial charge is 0.246 e. The topological polar surface area (TPSA) is 212 Å². The first kappa shape index (κ1) is 36.0. The van der Waals surface area contributed by atoms with Gasteiger partial charge in [0, 0.05) is 44.2 Å². The molecule has 0 spiro atoms. The largest absolute Gasteiger partial charge is 0.388 e. The van der Waals surface area contributed by atoms with Gasteiger partial charge in [-0.25, -0.2) is 4.98 Å². The maximum Gasteiger partial charge on any atom is 0.246 e. The fourth-order valence-corrected chi connectivity index (χ4v) is 7.74. The molecule has 2 aromatic heterocycles. The van der Waals surface area contributed by atoms with Crippen LogP contribution in [0.5, 0.6) is 0 Å². The zero-order chi connectivity index (χ0) is 36.9. The Kier molecular flexibility index (Phi) is 11.0. The van der Waals surface area contributed by atoms with Crippen molar-refractivity contribution in [1.29, 1.82) is 5.26 Å². The maximum absolute atomic E-state index is 12.0. The van der Waals surface area contributed by atoms with Gasteiger partial charge in [0.25, 0.3) is 0 Å². The summed E-state index contributed by atoms with van der Waals surface area (Å²) in [6, 6.07) is 19.3. The van der Waals surface area contributed by atoms with Gasteiger partial charge in [-0.1, -0.05) is 60.7 Å². The molecule has 2 saturated heterocycles. The number of fused-ring (bicyclic) bond motifs is 1. The third-order valence-electron chi connectivity index (χ3n) is 10.5. The lowest BCUT2D eigenvalue weighted by atomic mass is 9.91. The van der Waals surface area contributed by atoms with Crippen LogP contribution in [-0.2, 0) is 4.79 Å². The van der Waals surface area contributed by atoms with Crippen LogP contribution in [0.4, 0.5) is 11.8 Å². The van der Waals surface area contributed by atoms with Crippen LogP contribution in [-0.4, -0.2) is 128 Å². The second-order valence-electron chi connectivity index (χ2n) is 14.1. The van der Waals surface area contributed by atoms with Crippen LogP contribution in [0.25, 0.3) is 11.2 Å². The number of anilines is 2. The number of nitrogens with zero attached hydrogens (tertiary/aromatic N) is 8. The number of aliphatic hydroxyl groups is 3. The summed E-state index contributed by atoms with van der Waals surface area (Å²) in [6.45, 7) is 2.82. The van der Waals surface area contributed by atoms with Crippen molar-refractivity contribution in [3.8, 4) is 6.19 Å². The molecule has 0 unspecified atom stereocenters. The van der Waals surface area contributed by atoms with Crippen LogP contribution in [0, 0.1) is 11.5 Å². The summed E-state index contributed by atoms with van der Waals surface area (Å²) in [4.78, 5) is 35.1. The van der Waals surface area contributed by atoms with E-state index in [2.05, 4.69) is 67.4 Å². The summed E-state index contributed by atoms with van der Waals surface area (Å²) in [5, 5.41) is 53.7. The SMILES string of the molecule is CN1CC[C@@H](N/C(=N/C#N)N[C@@H]2CCN(c3nc(NCC(c4ccccc4)c4ccccc4)c4ncn([C@@H]5C[C@H](NC(=O)CO)[C@@H](O)[C@H]5O)c4n3)C2)C1. The summed E-state index contributed by atoms with van der Waals surface area (Å²) >= 11 is 0. The number of likely N-dealkylation sites (tertiary alicyclic amines) is 1. The van der Waals surface area contributed by atoms with Crippen molar-refractivity contribution >= 4 is 34.8 Å². The number of benzene rings is 2. The van der Waals surface area contributed by atoms with Crippen molar-refractivity contribution < 1.29 is 20.1 Å². The molecule has 7 rings (SSSR count). The Labute approximate surface area is 307 Å². The fraction of sp³-hybridized carbons (Fsp3) is 0.459. The van der Waals surface area contributed by atoms with Crippen LogP contribution in [0.3, 0.4) is 0 Å². The first-order valence-electron chi connectivity index (χ1n) is 18.1. The number of nitriles is 1. The van der Waals surface area contributed by atoms with E-state index in [0.29, 0.717) is 48.5 Å². The van der Waals surface area contributed by atoms with Crippen LogP contribution in [0.1, 0.15) is 42.3 Å². The number of aliphatic hydroxyl groups excluding tert-OH is 3. The highest BCUT2D eigenvalue weighted by atomic mass is 16.3. The number of aliphatic imine (C=N–C) groups is 1. The predicted octanol–water partition coefficient (Wildman–Crippen LogP) is 0.513. The Morgan fingerprint density at radius 2 is 1.64 bits per heavy atom. The Balaban J connectivity index is 1.18. The average Bonchev–Trinajstić information content (AvgIpc) is 3.97. The van der Waals surface area contributed by atoms with Crippen molar-refractivity contribution in [2.75, 3.05) is 56.6 Å². The van der Waals surface area contributed by atoms with Gasteiger partial charge in [-0.05, 0) is 44.0 Å². The predicted molar refractivity (Wildman–Crippen MR) is 199 cm³/mol. The third-order valence-corrected chi connectivity index (χ3v) is 10.5. The van der Waals surface area contributed by atoms with Crippen molar-refractivity contribution in [3.63, 3.8) is 0 Å². The van der Waals surface area contributed by atoms with Gasteiger partial charge in [-0.2, -0.15) is 15.2 Å². The molecule has 1 amide bonds. The number of hydrogen-bond donors (Lipinski definition) is 7. The average molecular weight is 723 g/mol. The molecule has 53 heavy (non-hydrogen) atoms. The van der Waals surface area contributed by atoms with E-state index in [9.17, 15) is 25.4 Å². The summed E-state index contributed by atoms with van der Waals surface area (Å²) in [5.41, 5.74) is 3.25. The van der Waals surface area contributed by atoms with Gasteiger partial charge in [0.15, 0.2) is 17.0 Å². The Morgan fingerprint density at radius 1 is 0.962 bits per heavy atom. The lowest BCUT2D eigenvalue weighted by Crippen LogP contribution is -2.48. The second-order valence-corrected chi connectivity index (χ2v) is 14.1. The highest BCUT2D eigenvalue weighted by Crippen LogP contribution is 2.35. The van der Waals surface area contributed by atoms with Crippen molar-refractivity contribution in [3.05, 3.63) is 78.1 Å². The number of carbonyl (C=O) groups excluding carboxylic acids is 1. The fourth-order valence-electron chi connectivity index (χ4n) is 7.74. The van der Waals surface area contributed by atoms with E-state index in [0.717, 1.165) is 37.1 Å². The zero-order valence-electron chi connectivity index (χ0n) is 29.6. The molecule has 16 heteroatoms. The number of hydrogen-bond acceptors (Lipinski definition) is 12. The van der Waals surface area contributed by atoms with Crippen LogP contribution < -0.4 is 26.2 Å². The second kappa shape index (κ2) is 16.1. The number of carbonyl (C=O) groups is 1. The molecule has 0 bridgehead atoms. The van der Waals surface area contributed by atoms with E-state index in [1.807, 2.05) is 42.6 Å². The molecule has 278 valence electrons. The third kappa shape index (κ3) is 8.03. The number of nitrogens with one attached hydrogen (secondary N) is 4. The minimum absolute atomic E-state index is 0.000936. The number of aromatic nitrogens is 4. The molecular weight excluding hydrogens is 676 g/mol. The molecule has 6 atom stereocenters. The van der Waals surface area contributed by atoms with E-state index in [1.54, 1.807) is 10.9 Å². The van der Waals surface area contributed by atoms with Crippen LogP contribution in [0.15, 0.2) is 72.0 Å². The van der Waals surface area contributed by atoms with Gasteiger partial charge in [0.05, 0.1) is 18.4 Å². The highest BCUT2D eigenvalue weighted by molar-refractivity contribution is 5.85. The standard InChI is InChI=1S/C37H46N12O4/c1-47-14-12-25(18-47)42-36(40-21-38)43-26-13-15-48(19-26)37-45-34(39-17-27(23-8-4-2-5-9-23)24-10-6-3-7-11-24)31-35(46-37)49(22-41-31)29-16-28(32(52)33(29)53)44-30(51)20-50/h2-11,22,25-29,32-33,50,52-53H,12-20H2,1H3,(H,44,51)(H,39,45,46)(H2,40,42,43)/t25-,26-,28+,29-,32-,33+/m1/s1. The van der Waals surface area contributed by atoms with E-state index in [4.69, 9.17) is 15.0 Å². The van der Waals surface area contributed by atoms with E-state index < -0.39 is 36.8 Å². The molecule has 2 aromatic carbocycles. The molecule has 7 N–H and O–H groups in total. The molecular formula is C37H46N12O4. The summed E-state index contributed by atoms with van der Waals surface area (Å²) in [7, 11) is 2.07. The van der Waals surface area contributed by atoms with Gasteiger partial charge in [0.2, 0.25) is 24.0 Å². The number of amides is 1. The van der Waals surface area contributed by atoms with E-state index >= 15 is 0 Å². The quantitative estimate of drug-likeness (QED) is 0.0640. The first-order valence-corrected chi connectivity index (χ1v) is 18.1. The zero-order valence-corrected chi connectivity index (χ0v) is 29.6. The summed E-state index contributed by atoms with van der Waals surface area (Å²) in [6.07, 6.45) is 2.94. The van der Waals surface area contributed by atoms with Gasteiger partial charge in [-0.15, -0.1) is 4.99 Å². The van der Waals surface area contributed by atoms with Gasteiger partial charge < -0.3 is 51.0 Å². The molecule has 16 nitrogen and oxygen atoms in total. The molecule has 4 heterocycles.